The lowest BCUT2D eigenvalue weighted by Gasteiger charge is -2.30. The summed E-state index contributed by atoms with van der Waals surface area (Å²) < 4.78 is 0. The number of carboxylic acid groups (broad SMARTS) is 2. The summed E-state index contributed by atoms with van der Waals surface area (Å²) in [5.41, 5.74) is 5.17. The van der Waals surface area contributed by atoms with Gasteiger partial charge in [-0.15, -0.1) is 0 Å². The topological polar surface area (TPSA) is 179 Å². The second kappa shape index (κ2) is 9.86. The Bertz CT molecular complexity index is 608. The average Bonchev–Trinajstić information content (AvgIpc) is 3.07. The van der Waals surface area contributed by atoms with Crippen molar-refractivity contribution in [3.05, 3.63) is 0 Å². The molecule has 0 spiro atoms. The summed E-state index contributed by atoms with van der Waals surface area (Å²) in [6.07, 6.45) is 0.182. The molecule has 0 radical (unpaired) electrons. The number of nitrogens with one attached hydrogen (secondary N) is 2. The van der Waals surface area contributed by atoms with E-state index in [4.69, 9.17) is 10.8 Å². The Morgan fingerprint density at radius 3 is 2.26 bits per heavy atom. The van der Waals surface area contributed by atoms with E-state index in [1.165, 1.54) is 4.90 Å². The molecule has 1 saturated heterocycles. The van der Waals surface area contributed by atoms with Gasteiger partial charge in [0.25, 0.3) is 0 Å². The minimum Gasteiger partial charge on any atom is -0.481 e. The molecule has 1 fully saturated rings. The Balaban J connectivity index is 2.94. The number of aliphatic carboxylic acids is 2. The molecule has 1 aliphatic heterocycles. The number of carbonyl (C=O) groups excluding carboxylic acids is 3. The minimum absolute atomic E-state index is 0.261. The predicted octanol–water partition coefficient (Wildman–Crippen LogP) is -1.88. The van der Waals surface area contributed by atoms with Crippen LogP contribution in [0.1, 0.15) is 33.1 Å². The first-order valence-electron chi connectivity index (χ1n) is 8.63. The van der Waals surface area contributed by atoms with Crippen molar-refractivity contribution in [2.75, 3.05) is 13.1 Å². The summed E-state index contributed by atoms with van der Waals surface area (Å²) in [5.74, 6) is -4.93. The number of nitrogens with zero attached hydrogens (tertiary/aromatic N) is 1. The monoisotopic (exact) mass is 386 g/mol. The number of likely N-dealkylation sites (tertiary alicyclic amines) is 1. The summed E-state index contributed by atoms with van der Waals surface area (Å²) in [6, 6.07) is -3.41. The van der Waals surface area contributed by atoms with Crippen molar-refractivity contribution < 1.29 is 34.2 Å². The smallest absolute Gasteiger partial charge is 0.326 e. The summed E-state index contributed by atoms with van der Waals surface area (Å²) in [4.78, 5) is 60.2. The van der Waals surface area contributed by atoms with Crippen molar-refractivity contribution in [3.63, 3.8) is 0 Å². The van der Waals surface area contributed by atoms with E-state index in [-0.39, 0.29) is 12.5 Å². The van der Waals surface area contributed by atoms with Crippen LogP contribution in [-0.2, 0) is 24.0 Å². The molecule has 1 rings (SSSR count). The number of nitrogens with two attached hydrogens (primary N) is 1. The SMILES string of the molecule is CC(C)C(NC(=O)C(CC(=O)O)NC(=O)CN)C(=O)N1CCCC1C(=O)O. The van der Waals surface area contributed by atoms with Crippen molar-refractivity contribution in [3.8, 4) is 0 Å². The lowest BCUT2D eigenvalue weighted by molar-refractivity contribution is -0.150. The third-order valence-corrected chi connectivity index (χ3v) is 4.27. The molecule has 11 nitrogen and oxygen atoms in total. The Labute approximate surface area is 156 Å². The summed E-state index contributed by atoms with van der Waals surface area (Å²) in [7, 11) is 0. The van der Waals surface area contributed by atoms with Gasteiger partial charge in [0.05, 0.1) is 13.0 Å². The highest BCUT2D eigenvalue weighted by Crippen LogP contribution is 2.20. The van der Waals surface area contributed by atoms with Crippen LogP contribution in [0.3, 0.4) is 0 Å². The Morgan fingerprint density at radius 1 is 1.15 bits per heavy atom. The molecule has 3 atom stereocenters. The van der Waals surface area contributed by atoms with E-state index in [0.29, 0.717) is 12.8 Å². The molecule has 0 aromatic heterocycles. The molecule has 0 aromatic rings. The zero-order valence-corrected chi connectivity index (χ0v) is 15.3. The lowest BCUT2D eigenvalue weighted by Crippen LogP contribution is -2.58. The van der Waals surface area contributed by atoms with E-state index < -0.39 is 60.8 Å². The highest BCUT2D eigenvalue weighted by atomic mass is 16.4. The van der Waals surface area contributed by atoms with Crippen LogP contribution in [0, 0.1) is 5.92 Å². The number of carbonyl (C=O) groups is 5. The van der Waals surface area contributed by atoms with Crippen LogP contribution in [0.5, 0.6) is 0 Å². The predicted molar refractivity (Wildman–Crippen MR) is 92.4 cm³/mol. The van der Waals surface area contributed by atoms with Gasteiger partial charge in [-0.2, -0.15) is 0 Å². The molecular weight excluding hydrogens is 360 g/mol. The van der Waals surface area contributed by atoms with E-state index in [1.54, 1.807) is 13.8 Å². The van der Waals surface area contributed by atoms with Gasteiger partial charge >= 0.3 is 11.9 Å². The summed E-state index contributed by atoms with van der Waals surface area (Å²) in [5, 5.41) is 22.8. The van der Waals surface area contributed by atoms with Crippen molar-refractivity contribution >= 4 is 29.7 Å². The second-order valence-corrected chi connectivity index (χ2v) is 6.68. The maximum absolute atomic E-state index is 12.8. The van der Waals surface area contributed by atoms with Crippen molar-refractivity contribution in [1.82, 2.24) is 15.5 Å². The van der Waals surface area contributed by atoms with Gasteiger partial charge in [-0.05, 0) is 18.8 Å². The average molecular weight is 386 g/mol. The van der Waals surface area contributed by atoms with Crippen molar-refractivity contribution in [2.45, 2.75) is 51.2 Å². The molecular formula is C16H26N4O7. The Kier molecular flexibility index (Phi) is 8.16. The first-order chi connectivity index (χ1) is 12.6. The van der Waals surface area contributed by atoms with Crippen LogP contribution < -0.4 is 16.4 Å². The number of carboxylic acids is 2. The van der Waals surface area contributed by atoms with Crippen molar-refractivity contribution in [1.29, 1.82) is 0 Å². The molecule has 27 heavy (non-hydrogen) atoms. The molecule has 0 aliphatic carbocycles. The van der Waals surface area contributed by atoms with Crippen molar-refractivity contribution in [2.24, 2.45) is 11.7 Å². The molecule has 152 valence electrons. The molecule has 1 heterocycles. The van der Waals surface area contributed by atoms with E-state index >= 15 is 0 Å². The number of hydrogen-bond donors (Lipinski definition) is 5. The van der Waals surface area contributed by atoms with Gasteiger partial charge in [-0.25, -0.2) is 4.79 Å². The fourth-order valence-corrected chi connectivity index (χ4v) is 2.87. The molecule has 3 amide bonds. The van der Waals surface area contributed by atoms with E-state index in [9.17, 15) is 29.1 Å². The highest BCUT2D eigenvalue weighted by molar-refractivity contribution is 5.95. The van der Waals surface area contributed by atoms with Gasteiger partial charge in [0, 0.05) is 6.54 Å². The number of amides is 3. The maximum atomic E-state index is 12.8. The minimum atomic E-state index is -1.40. The molecule has 3 unspecified atom stereocenters. The first-order valence-corrected chi connectivity index (χ1v) is 8.63. The number of hydrogen-bond acceptors (Lipinski definition) is 6. The van der Waals surface area contributed by atoms with Crippen LogP contribution >= 0.6 is 0 Å². The number of rotatable bonds is 9. The van der Waals surface area contributed by atoms with Gasteiger partial charge in [0.1, 0.15) is 18.1 Å². The largest absolute Gasteiger partial charge is 0.481 e. The maximum Gasteiger partial charge on any atom is 0.326 e. The quantitative estimate of drug-likeness (QED) is 0.305. The summed E-state index contributed by atoms with van der Waals surface area (Å²) >= 11 is 0. The van der Waals surface area contributed by atoms with Gasteiger partial charge < -0.3 is 31.5 Å². The molecule has 0 aromatic carbocycles. The zero-order chi connectivity index (χ0) is 20.7. The van der Waals surface area contributed by atoms with Crippen LogP contribution in [0.25, 0.3) is 0 Å². The third kappa shape index (κ3) is 6.20. The van der Waals surface area contributed by atoms with E-state index in [2.05, 4.69) is 10.6 Å². The molecule has 0 saturated carbocycles. The lowest BCUT2D eigenvalue weighted by atomic mass is 10.0. The van der Waals surface area contributed by atoms with Gasteiger partial charge in [-0.3, -0.25) is 19.2 Å². The third-order valence-electron chi connectivity index (χ3n) is 4.27. The molecule has 6 N–H and O–H groups in total. The zero-order valence-electron chi connectivity index (χ0n) is 15.3. The molecule has 11 heteroatoms. The van der Waals surface area contributed by atoms with E-state index in [0.717, 1.165) is 0 Å². The van der Waals surface area contributed by atoms with Gasteiger partial charge in [-0.1, -0.05) is 13.8 Å². The standard InChI is InChI=1S/C16H26N4O7/c1-8(2)13(15(25)20-5-3-4-10(20)16(26)27)19-14(24)9(6-12(22)23)18-11(21)7-17/h8-10,13H,3-7,17H2,1-2H3,(H,18,21)(H,19,24)(H,22,23)(H,26,27). The fourth-order valence-electron chi connectivity index (χ4n) is 2.87. The fraction of sp³-hybridized carbons (Fsp3) is 0.688. The van der Waals surface area contributed by atoms with Crippen LogP contribution in [-0.4, -0.2) is 76.0 Å². The Hall–Kier alpha value is -2.69. The highest BCUT2D eigenvalue weighted by Gasteiger charge is 2.39. The normalized spacial score (nSPS) is 18.7. The van der Waals surface area contributed by atoms with Crippen LogP contribution in [0.15, 0.2) is 0 Å². The molecule has 1 aliphatic rings. The van der Waals surface area contributed by atoms with Gasteiger partial charge in [0.2, 0.25) is 17.7 Å². The van der Waals surface area contributed by atoms with E-state index in [1.807, 2.05) is 0 Å². The van der Waals surface area contributed by atoms with Crippen LogP contribution in [0.2, 0.25) is 0 Å². The first kappa shape index (κ1) is 22.4. The molecule has 0 bridgehead atoms. The summed E-state index contributed by atoms with van der Waals surface area (Å²) in [6.45, 7) is 3.17. The van der Waals surface area contributed by atoms with Crippen LogP contribution in [0.4, 0.5) is 0 Å². The second-order valence-electron chi connectivity index (χ2n) is 6.68. The Morgan fingerprint density at radius 2 is 1.78 bits per heavy atom. The van der Waals surface area contributed by atoms with Gasteiger partial charge in [0.15, 0.2) is 0 Å².